The zero-order chi connectivity index (χ0) is 10.8. The Bertz CT molecular complexity index is 341. The summed E-state index contributed by atoms with van der Waals surface area (Å²) >= 11 is 0. The molecule has 1 aromatic heterocycles. The first kappa shape index (κ1) is 10.7. The molecule has 0 radical (unpaired) electrons. The minimum Gasteiger partial charge on any atom is -0.331 e. The van der Waals surface area contributed by atoms with E-state index < -0.39 is 0 Å². The van der Waals surface area contributed by atoms with Crippen LogP contribution < -0.4 is 5.73 Å². The zero-order valence-corrected chi connectivity index (χ0v) is 9.79. The molecule has 0 aliphatic carbocycles. The number of nitrogens with two attached hydrogens (primary N) is 1. The van der Waals surface area contributed by atoms with E-state index in [9.17, 15) is 0 Å². The molecule has 0 fully saturated rings. The van der Waals surface area contributed by atoms with Gasteiger partial charge >= 0.3 is 0 Å². The van der Waals surface area contributed by atoms with Crippen LogP contribution >= 0.6 is 0 Å². The van der Waals surface area contributed by atoms with Crippen LogP contribution in [0, 0.1) is 0 Å². The van der Waals surface area contributed by atoms with Crippen LogP contribution in [0.4, 0.5) is 0 Å². The Labute approximate surface area is 91.7 Å². The van der Waals surface area contributed by atoms with Crippen LogP contribution in [0.2, 0.25) is 0 Å². The maximum atomic E-state index is 5.85. The van der Waals surface area contributed by atoms with Crippen molar-refractivity contribution in [2.24, 2.45) is 5.73 Å². The summed E-state index contributed by atoms with van der Waals surface area (Å²) in [6, 6.07) is 0. The van der Waals surface area contributed by atoms with Crippen molar-refractivity contribution in [3.05, 3.63) is 17.2 Å². The Morgan fingerprint density at radius 3 is 2.93 bits per heavy atom. The van der Waals surface area contributed by atoms with Gasteiger partial charge in [-0.15, -0.1) is 0 Å². The second-order valence-electron chi connectivity index (χ2n) is 4.48. The van der Waals surface area contributed by atoms with Crippen LogP contribution in [-0.2, 0) is 19.5 Å². The lowest BCUT2D eigenvalue weighted by molar-refractivity contribution is 0.508. The van der Waals surface area contributed by atoms with E-state index >= 15 is 0 Å². The minimum atomic E-state index is 0.543. The van der Waals surface area contributed by atoms with Gasteiger partial charge in [0.25, 0.3) is 0 Å². The van der Waals surface area contributed by atoms with Crippen LogP contribution in [0.1, 0.15) is 56.2 Å². The second kappa shape index (κ2) is 4.35. The summed E-state index contributed by atoms with van der Waals surface area (Å²) in [5.41, 5.74) is 8.37. The number of aryl methyl sites for hydroxylation is 1. The first-order chi connectivity index (χ1) is 7.27. The van der Waals surface area contributed by atoms with Crippen LogP contribution in [0.15, 0.2) is 0 Å². The summed E-state index contributed by atoms with van der Waals surface area (Å²) in [5, 5.41) is 0. The lowest BCUT2D eigenvalue weighted by atomic mass is 10.0. The summed E-state index contributed by atoms with van der Waals surface area (Å²) in [7, 11) is 0. The second-order valence-corrected chi connectivity index (χ2v) is 4.48. The Balaban J connectivity index is 2.41. The molecule has 0 amide bonds. The predicted molar refractivity (Wildman–Crippen MR) is 61.8 cm³/mol. The molecule has 1 aromatic rings. The number of fused-ring (bicyclic) bond motifs is 1. The number of hydrogen-bond acceptors (Lipinski definition) is 2. The molecule has 2 rings (SSSR count). The molecule has 0 spiro atoms. The summed E-state index contributed by atoms with van der Waals surface area (Å²) in [5.74, 6) is 1.80. The van der Waals surface area contributed by atoms with Gasteiger partial charge in [-0.25, -0.2) is 4.98 Å². The molecule has 3 nitrogen and oxygen atoms in total. The van der Waals surface area contributed by atoms with E-state index in [2.05, 4.69) is 18.4 Å². The highest BCUT2D eigenvalue weighted by Crippen LogP contribution is 2.26. The molecule has 1 aliphatic rings. The van der Waals surface area contributed by atoms with E-state index in [0.29, 0.717) is 12.5 Å². The SMILES string of the molecule is CCC(C)c1nc2n(c1CN)CCCC2. The number of imidazole rings is 1. The monoisotopic (exact) mass is 207 g/mol. The lowest BCUT2D eigenvalue weighted by Crippen LogP contribution is -2.15. The minimum absolute atomic E-state index is 0.543. The maximum absolute atomic E-state index is 5.85. The highest BCUT2D eigenvalue weighted by atomic mass is 15.1. The molecule has 3 heteroatoms. The van der Waals surface area contributed by atoms with Gasteiger partial charge in [-0.3, -0.25) is 0 Å². The molecule has 0 saturated carbocycles. The quantitative estimate of drug-likeness (QED) is 0.825. The number of aromatic nitrogens is 2. The van der Waals surface area contributed by atoms with Crippen molar-refractivity contribution >= 4 is 0 Å². The topological polar surface area (TPSA) is 43.8 Å². The standard InChI is InChI=1S/C12H21N3/c1-3-9(2)12-10(8-13)15-7-5-4-6-11(15)14-12/h9H,3-8,13H2,1-2H3. The van der Waals surface area contributed by atoms with Gasteiger partial charge in [0, 0.05) is 25.4 Å². The van der Waals surface area contributed by atoms with Crippen LogP contribution in [0.25, 0.3) is 0 Å². The molecule has 1 aliphatic heterocycles. The summed E-state index contributed by atoms with van der Waals surface area (Å²) in [6.45, 7) is 6.20. The highest BCUT2D eigenvalue weighted by molar-refractivity contribution is 5.22. The van der Waals surface area contributed by atoms with Gasteiger partial charge in [0.05, 0.1) is 11.4 Å². The Morgan fingerprint density at radius 2 is 2.27 bits per heavy atom. The van der Waals surface area contributed by atoms with Gasteiger partial charge in [-0.2, -0.15) is 0 Å². The fourth-order valence-corrected chi connectivity index (χ4v) is 2.37. The lowest BCUT2D eigenvalue weighted by Gasteiger charge is -2.16. The van der Waals surface area contributed by atoms with Crippen molar-refractivity contribution in [1.29, 1.82) is 0 Å². The summed E-state index contributed by atoms with van der Waals surface area (Å²) in [4.78, 5) is 4.78. The third kappa shape index (κ3) is 1.81. The first-order valence-electron chi connectivity index (χ1n) is 6.06. The Morgan fingerprint density at radius 1 is 1.47 bits per heavy atom. The molecule has 1 atom stereocenters. The molecule has 0 saturated heterocycles. The van der Waals surface area contributed by atoms with Crippen LogP contribution in [-0.4, -0.2) is 9.55 Å². The summed E-state index contributed by atoms with van der Waals surface area (Å²) < 4.78 is 2.35. The van der Waals surface area contributed by atoms with Gasteiger partial charge in [0.2, 0.25) is 0 Å². The number of hydrogen-bond donors (Lipinski definition) is 1. The van der Waals surface area contributed by atoms with Crippen molar-refractivity contribution in [2.45, 2.75) is 58.5 Å². The largest absolute Gasteiger partial charge is 0.331 e. The summed E-state index contributed by atoms with van der Waals surface area (Å²) in [6.07, 6.45) is 4.82. The fourth-order valence-electron chi connectivity index (χ4n) is 2.37. The molecular weight excluding hydrogens is 186 g/mol. The van der Waals surface area contributed by atoms with Gasteiger partial charge in [0.1, 0.15) is 5.82 Å². The van der Waals surface area contributed by atoms with Gasteiger partial charge in [-0.1, -0.05) is 13.8 Å². The average Bonchev–Trinajstić information content (AvgIpc) is 2.66. The van der Waals surface area contributed by atoms with E-state index in [1.807, 2.05) is 0 Å². The van der Waals surface area contributed by atoms with Crippen LogP contribution in [0.3, 0.4) is 0 Å². The first-order valence-corrected chi connectivity index (χ1v) is 6.06. The smallest absolute Gasteiger partial charge is 0.109 e. The fraction of sp³-hybridized carbons (Fsp3) is 0.750. The number of nitrogens with zero attached hydrogens (tertiary/aromatic N) is 2. The van der Waals surface area contributed by atoms with Crippen molar-refractivity contribution < 1.29 is 0 Å². The van der Waals surface area contributed by atoms with Crippen LogP contribution in [0.5, 0.6) is 0 Å². The molecule has 0 aromatic carbocycles. The zero-order valence-electron chi connectivity index (χ0n) is 9.79. The number of rotatable bonds is 3. The van der Waals surface area contributed by atoms with E-state index in [1.165, 1.54) is 30.1 Å². The average molecular weight is 207 g/mol. The normalized spacial score (nSPS) is 17.5. The molecular formula is C12H21N3. The third-order valence-electron chi connectivity index (χ3n) is 3.49. The van der Waals surface area contributed by atoms with Crippen molar-refractivity contribution in [2.75, 3.05) is 0 Å². The third-order valence-corrected chi connectivity index (χ3v) is 3.49. The van der Waals surface area contributed by atoms with Crippen molar-refractivity contribution in [1.82, 2.24) is 9.55 Å². The molecule has 2 N–H and O–H groups in total. The predicted octanol–water partition coefficient (Wildman–Crippen LogP) is 2.19. The van der Waals surface area contributed by atoms with E-state index in [4.69, 9.17) is 10.7 Å². The van der Waals surface area contributed by atoms with E-state index in [1.54, 1.807) is 0 Å². The molecule has 1 unspecified atom stereocenters. The van der Waals surface area contributed by atoms with Crippen molar-refractivity contribution in [3.63, 3.8) is 0 Å². The molecule has 2 heterocycles. The van der Waals surface area contributed by atoms with E-state index in [0.717, 1.165) is 19.4 Å². The van der Waals surface area contributed by atoms with E-state index in [-0.39, 0.29) is 0 Å². The maximum Gasteiger partial charge on any atom is 0.109 e. The molecule has 0 bridgehead atoms. The molecule has 84 valence electrons. The van der Waals surface area contributed by atoms with Gasteiger partial charge < -0.3 is 10.3 Å². The van der Waals surface area contributed by atoms with Gasteiger partial charge in [-0.05, 0) is 19.3 Å². The highest BCUT2D eigenvalue weighted by Gasteiger charge is 2.20. The Kier molecular flexibility index (Phi) is 3.10. The molecule has 15 heavy (non-hydrogen) atoms. The Hall–Kier alpha value is -0.830. The van der Waals surface area contributed by atoms with Gasteiger partial charge in [0.15, 0.2) is 0 Å². The van der Waals surface area contributed by atoms with Crippen molar-refractivity contribution in [3.8, 4) is 0 Å².